The van der Waals surface area contributed by atoms with Crippen LogP contribution in [0.4, 0.5) is 24.0 Å². The van der Waals surface area contributed by atoms with E-state index < -0.39 is 11.7 Å². The maximum atomic E-state index is 13.6. The maximum Gasteiger partial charge on any atom is 0.420 e. The lowest BCUT2D eigenvalue weighted by Crippen LogP contribution is -2.10. The van der Waals surface area contributed by atoms with E-state index in [-0.39, 0.29) is 18.0 Å². The Morgan fingerprint density at radius 1 is 1.22 bits per heavy atom. The van der Waals surface area contributed by atoms with Crippen molar-refractivity contribution in [1.29, 1.82) is 0 Å². The van der Waals surface area contributed by atoms with Crippen LogP contribution in [-0.2, 0) is 6.18 Å². The number of allylic oxidation sites excluding steroid dienone is 2. The third-order valence-electron chi connectivity index (χ3n) is 4.60. The smallest absolute Gasteiger partial charge is 0.420 e. The van der Waals surface area contributed by atoms with Crippen molar-refractivity contribution in [3.63, 3.8) is 0 Å². The number of thiazole rings is 1. The van der Waals surface area contributed by atoms with Gasteiger partial charge in [0.05, 0.1) is 17.9 Å². The Bertz CT molecular complexity index is 919. The SMILES string of the molecule is C=C(N=C/C=C\C)c1csc(Nc2ccc(OCCCCCCCC)c(C(F)(F)F)c2)n1. The minimum atomic E-state index is -4.52. The topological polar surface area (TPSA) is 46.5 Å². The number of nitrogens with zero attached hydrogens (tertiary/aromatic N) is 2. The van der Waals surface area contributed by atoms with E-state index in [4.69, 9.17) is 4.74 Å². The molecule has 1 aromatic carbocycles. The molecule has 0 aliphatic heterocycles. The number of rotatable bonds is 13. The van der Waals surface area contributed by atoms with Crippen LogP contribution in [-0.4, -0.2) is 17.8 Å². The molecule has 0 spiro atoms. The number of halogens is 3. The lowest BCUT2D eigenvalue weighted by atomic mass is 10.1. The van der Waals surface area contributed by atoms with Gasteiger partial charge >= 0.3 is 6.18 Å². The zero-order valence-corrected chi connectivity index (χ0v) is 19.4. The van der Waals surface area contributed by atoms with E-state index in [1.807, 2.05) is 13.0 Å². The largest absolute Gasteiger partial charge is 0.493 e. The highest BCUT2D eigenvalue weighted by Crippen LogP contribution is 2.38. The fourth-order valence-corrected chi connectivity index (χ4v) is 3.63. The van der Waals surface area contributed by atoms with E-state index in [1.165, 1.54) is 23.8 Å². The van der Waals surface area contributed by atoms with E-state index in [9.17, 15) is 13.2 Å². The first-order chi connectivity index (χ1) is 15.3. The quantitative estimate of drug-likeness (QED) is 0.239. The van der Waals surface area contributed by atoms with Gasteiger partial charge in [-0.15, -0.1) is 11.3 Å². The number of aliphatic imine (C=N–C) groups is 1. The Morgan fingerprint density at radius 2 is 1.97 bits per heavy atom. The van der Waals surface area contributed by atoms with Gasteiger partial charge in [-0.3, -0.25) is 4.99 Å². The molecule has 0 aliphatic carbocycles. The fraction of sp³-hybridized carbons (Fsp3) is 0.417. The monoisotopic (exact) mass is 465 g/mol. The van der Waals surface area contributed by atoms with Crippen molar-refractivity contribution in [2.45, 2.75) is 58.5 Å². The number of hydrogen-bond donors (Lipinski definition) is 1. The minimum Gasteiger partial charge on any atom is -0.493 e. The third kappa shape index (κ3) is 8.49. The first-order valence-electron chi connectivity index (χ1n) is 10.8. The summed E-state index contributed by atoms with van der Waals surface area (Å²) in [4.78, 5) is 8.51. The standard InChI is InChI=1S/C24H30F3N3OS/c1-4-6-8-9-10-11-15-31-22-13-12-19(16-20(22)24(25,26)27)29-23-30-21(17-32-23)18(3)28-14-7-5-2/h5,7,12-14,16-17H,3-4,6,8-11,15H2,1-2H3,(H,29,30)/b7-5-,28-14?. The second-order valence-electron chi connectivity index (χ2n) is 7.24. The normalized spacial score (nSPS) is 12.0. The van der Waals surface area contributed by atoms with Gasteiger partial charge in [0.1, 0.15) is 11.4 Å². The van der Waals surface area contributed by atoms with Crippen molar-refractivity contribution in [2.75, 3.05) is 11.9 Å². The van der Waals surface area contributed by atoms with E-state index in [2.05, 4.69) is 28.8 Å². The zero-order valence-electron chi connectivity index (χ0n) is 18.5. The molecule has 0 fully saturated rings. The predicted molar refractivity (Wildman–Crippen MR) is 128 cm³/mol. The molecule has 1 heterocycles. The summed E-state index contributed by atoms with van der Waals surface area (Å²) < 4.78 is 46.2. The molecule has 1 N–H and O–H groups in total. The molecule has 2 rings (SSSR count). The van der Waals surface area contributed by atoms with Crippen molar-refractivity contribution < 1.29 is 17.9 Å². The summed E-state index contributed by atoms with van der Waals surface area (Å²) in [5.74, 6) is -0.150. The van der Waals surface area contributed by atoms with E-state index in [0.29, 0.717) is 16.5 Å². The van der Waals surface area contributed by atoms with Crippen LogP contribution in [0.2, 0.25) is 0 Å². The number of benzene rings is 1. The highest BCUT2D eigenvalue weighted by molar-refractivity contribution is 7.13. The molecule has 2 aromatic rings. The van der Waals surface area contributed by atoms with Crippen LogP contribution in [0.15, 0.2) is 47.3 Å². The lowest BCUT2D eigenvalue weighted by molar-refractivity contribution is -0.138. The predicted octanol–water partition coefficient (Wildman–Crippen LogP) is 8.26. The summed E-state index contributed by atoms with van der Waals surface area (Å²) in [6.07, 6.45) is 6.97. The minimum absolute atomic E-state index is 0.150. The molecule has 4 nitrogen and oxygen atoms in total. The number of nitrogens with one attached hydrogen (secondary N) is 1. The number of ether oxygens (including phenoxy) is 1. The number of anilines is 2. The Labute approximate surface area is 191 Å². The second kappa shape index (κ2) is 13.1. The molecule has 8 heteroatoms. The van der Waals surface area contributed by atoms with Crippen LogP contribution < -0.4 is 10.1 Å². The van der Waals surface area contributed by atoms with Crippen molar-refractivity contribution >= 4 is 34.1 Å². The molecule has 0 amide bonds. The van der Waals surface area contributed by atoms with Crippen LogP contribution >= 0.6 is 11.3 Å². The number of alkyl halides is 3. The molecule has 0 bridgehead atoms. The Morgan fingerprint density at radius 3 is 2.69 bits per heavy atom. The van der Waals surface area contributed by atoms with Gasteiger partial charge < -0.3 is 10.1 Å². The van der Waals surface area contributed by atoms with Crippen molar-refractivity contribution in [1.82, 2.24) is 4.98 Å². The average molecular weight is 466 g/mol. The molecule has 174 valence electrons. The van der Waals surface area contributed by atoms with Crippen molar-refractivity contribution in [3.8, 4) is 5.75 Å². The fourth-order valence-electron chi connectivity index (χ4n) is 2.89. The first-order valence-corrected chi connectivity index (χ1v) is 11.6. The number of aromatic nitrogens is 1. The molecule has 0 unspecified atom stereocenters. The van der Waals surface area contributed by atoms with Crippen LogP contribution in [0, 0.1) is 0 Å². The summed E-state index contributed by atoms with van der Waals surface area (Å²) in [7, 11) is 0. The zero-order chi connectivity index (χ0) is 23.4. The summed E-state index contributed by atoms with van der Waals surface area (Å²) in [6.45, 7) is 8.14. The maximum absolute atomic E-state index is 13.6. The molecule has 0 saturated carbocycles. The summed E-state index contributed by atoms with van der Waals surface area (Å²) in [6, 6.07) is 3.97. The number of hydrogen-bond acceptors (Lipinski definition) is 5. The molecule has 1 aromatic heterocycles. The molecule has 0 radical (unpaired) electrons. The third-order valence-corrected chi connectivity index (χ3v) is 5.36. The highest BCUT2D eigenvalue weighted by Gasteiger charge is 2.34. The first kappa shape index (κ1) is 25.6. The van der Waals surface area contributed by atoms with Gasteiger partial charge in [-0.2, -0.15) is 13.2 Å². The Kier molecular flexibility index (Phi) is 10.5. The van der Waals surface area contributed by atoms with Crippen molar-refractivity contribution in [3.05, 3.63) is 53.6 Å². The average Bonchev–Trinajstić information content (AvgIpc) is 3.22. The van der Waals surface area contributed by atoms with Gasteiger partial charge in [0.15, 0.2) is 5.13 Å². The van der Waals surface area contributed by atoms with Crippen LogP contribution in [0.25, 0.3) is 5.70 Å². The van der Waals surface area contributed by atoms with Crippen LogP contribution in [0.1, 0.15) is 63.6 Å². The summed E-state index contributed by atoms with van der Waals surface area (Å²) in [5.41, 5.74) is 0.522. The van der Waals surface area contributed by atoms with Gasteiger partial charge in [0, 0.05) is 17.3 Å². The number of unbranched alkanes of at least 4 members (excludes halogenated alkanes) is 5. The van der Waals surface area contributed by atoms with Crippen molar-refractivity contribution in [2.24, 2.45) is 4.99 Å². The second-order valence-corrected chi connectivity index (χ2v) is 8.10. The van der Waals surface area contributed by atoms with Gasteiger partial charge in [0.25, 0.3) is 0 Å². The molecule has 32 heavy (non-hydrogen) atoms. The van der Waals surface area contributed by atoms with Gasteiger partial charge in [-0.25, -0.2) is 4.98 Å². The van der Waals surface area contributed by atoms with E-state index in [1.54, 1.807) is 23.7 Å². The van der Waals surface area contributed by atoms with Crippen LogP contribution in [0.5, 0.6) is 5.75 Å². The van der Waals surface area contributed by atoms with E-state index >= 15 is 0 Å². The molecule has 0 saturated heterocycles. The van der Waals surface area contributed by atoms with Crippen LogP contribution in [0.3, 0.4) is 0 Å². The molecular weight excluding hydrogens is 435 g/mol. The Balaban J connectivity index is 2.02. The Hall–Kier alpha value is -2.61. The van der Waals surface area contributed by atoms with Gasteiger partial charge in [0.2, 0.25) is 0 Å². The summed E-state index contributed by atoms with van der Waals surface area (Å²) >= 11 is 1.27. The molecule has 0 atom stereocenters. The molecule has 0 aliphatic rings. The lowest BCUT2D eigenvalue weighted by Gasteiger charge is -2.15. The van der Waals surface area contributed by atoms with Gasteiger partial charge in [-0.1, -0.05) is 51.7 Å². The highest BCUT2D eigenvalue weighted by atomic mass is 32.1. The van der Waals surface area contributed by atoms with Gasteiger partial charge in [-0.05, 0) is 37.6 Å². The summed E-state index contributed by atoms with van der Waals surface area (Å²) in [5, 5.41) is 5.13. The van der Waals surface area contributed by atoms with E-state index in [0.717, 1.165) is 38.2 Å². The molecular formula is C24H30F3N3OS.